The van der Waals surface area contributed by atoms with Crippen LogP contribution < -0.4 is 9.62 Å². The Morgan fingerprint density at radius 1 is 0.952 bits per heavy atom. The number of amides is 2. The third kappa shape index (κ3) is 9.33. The summed E-state index contributed by atoms with van der Waals surface area (Å²) in [7, 11) is -3.58. The van der Waals surface area contributed by atoms with Crippen molar-refractivity contribution < 1.29 is 18.0 Å². The average Bonchev–Trinajstić information content (AvgIpc) is 2.95. The number of carbonyl (C=O) groups excluding carboxylic acids is 2. The third-order valence-electron chi connectivity index (χ3n) is 7.50. The average molecular weight is 612 g/mol. The lowest BCUT2D eigenvalue weighted by atomic mass is 10.0. The van der Waals surface area contributed by atoms with Crippen molar-refractivity contribution >= 4 is 39.1 Å². The van der Waals surface area contributed by atoms with Gasteiger partial charge in [-0.05, 0) is 74.1 Å². The number of hydrogen-bond donors (Lipinski definition) is 1. The van der Waals surface area contributed by atoms with Crippen LogP contribution in [0.3, 0.4) is 0 Å². The van der Waals surface area contributed by atoms with Crippen molar-refractivity contribution in [2.45, 2.75) is 72.0 Å². The second-order valence-electron chi connectivity index (χ2n) is 10.8. The molecular weight excluding hydrogens is 570 g/mol. The maximum absolute atomic E-state index is 14.0. The van der Waals surface area contributed by atoms with Gasteiger partial charge in [-0.3, -0.25) is 13.9 Å². The zero-order valence-electron chi connectivity index (χ0n) is 25.1. The van der Waals surface area contributed by atoms with Crippen molar-refractivity contribution in [1.29, 1.82) is 0 Å². The summed E-state index contributed by atoms with van der Waals surface area (Å²) in [5.74, 6) is -0.481. The summed E-state index contributed by atoms with van der Waals surface area (Å²) < 4.78 is 26.8. The fourth-order valence-electron chi connectivity index (χ4n) is 4.69. The lowest BCUT2D eigenvalue weighted by Crippen LogP contribution is -2.52. The number of aryl methyl sites for hydroxylation is 2. The van der Waals surface area contributed by atoms with Gasteiger partial charge < -0.3 is 10.2 Å². The fourth-order valence-corrected chi connectivity index (χ4v) is 5.84. The molecule has 0 saturated carbocycles. The van der Waals surface area contributed by atoms with Gasteiger partial charge in [-0.2, -0.15) is 0 Å². The molecule has 0 radical (unpaired) electrons. The molecule has 2 atom stereocenters. The minimum Gasteiger partial charge on any atom is -0.352 e. The van der Waals surface area contributed by atoms with Gasteiger partial charge in [-0.1, -0.05) is 73.1 Å². The van der Waals surface area contributed by atoms with E-state index in [0.717, 1.165) is 28.7 Å². The number of nitrogens with one attached hydrogen (secondary N) is 1. The van der Waals surface area contributed by atoms with Gasteiger partial charge in [-0.25, -0.2) is 8.42 Å². The van der Waals surface area contributed by atoms with Crippen molar-refractivity contribution in [2.75, 3.05) is 17.1 Å². The first kappa shape index (κ1) is 33.1. The Labute approximate surface area is 255 Å². The molecule has 0 aromatic heterocycles. The second-order valence-corrected chi connectivity index (χ2v) is 13.2. The Hall–Kier alpha value is -3.36. The topological polar surface area (TPSA) is 86.8 Å². The van der Waals surface area contributed by atoms with Crippen LogP contribution in [0.5, 0.6) is 0 Å². The highest BCUT2D eigenvalue weighted by atomic mass is 35.5. The van der Waals surface area contributed by atoms with Crippen LogP contribution in [0.15, 0.2) is 72.8 Å². The Balaban J connectivity index is 1.91. The van der Waals surface area contributed by atoms with Crippen LogP contribution in [-0.4, -0.2) is 50.0 Å². The molecule has 0 aliphatic carbocycles. The van der Waals surface area contributed by atoms with Crippen LogP contribution in [0.2, 0.25) is 5.02 Å². The highest BCUT2D eigenvalue weighted by Crippen LogP contribution is 2.24. The van der Waals surface area contributed by atoms with Gasteiger partial charge in [0.1, 0.15) is 6.04 Å². The van der Waals surface area contributed by atoms with Gasteiger partial charge in [0.2, 0.25) is 21.8 Å². The van der Waals surface area contributed by atoms with Crippen molar-refractivity contribution in [3.63, 3.8) is 0 Å². The molecular formula is C33H42ClN3O4S. The molecule has 7 nitrogen and oxygen atoms in total. The normalized spacial score (nSPS) is 12.8. The van der Waals surface area contributed by atoms with E-state index in [2.05, 4.69) is 5.32 Å². The number of halogens is 1. The van der Waals surface area contributed by atoms with Crippen LogP contribution in [0.4, 0.5) is 5.69 Å². The van der Waals surface area contributed by atoms with Crippen molar-refractivity contribution in [3.05, 3.63) is 100 Å². The SMILES string of the molecule is CCC(C)NC(=O)C(Cc1ccccc1)N(Cc1ccccc1Cl)C(=O)CCCN(c1ccc(C)c(C)c1)S(C)(=O)=O. The predicted molar refractivity (Wildman–Crippen MR) is 171 cm³/mol. The van der Waals surface area contributed by atoms with E-state index in [1.807, 2.05) is 88.4 Å². The standard InChI is InChI=1S/C33H42ClN3O4S/c1-6-26(4)35-33(39)31(22-27-13-8-7-9-14-27)36(23-28-15-10-11-16-30(28)34)32(38)17-12-20-37(42(5,40)41)29-19-18-24(2)25(3)21-29/h7-11,13-16,18-19,21,26,31H,6,12,17,20,22-23H2,1-5H3,(H,35,39). The molecule has 42 heavy (non-hydrogen) atoms. The van der Waals surface area contributed by atoms with Crippen LogP contribution in [0.25, 0.3) is 0 Å². The van der Waals surface area contributed by atoms with Crippen LogP contribution in [-0.2, 0) is 32.6 Å². The van der Waals surface area contributed by atoms with Gasteiger partial charge in [0.25, 0.3) is 0 Å². The zero-order valence-corrected chi connectivity index (χ0v) is 26.7. The molecule has 0 heterocycles. The molecule has 2 amide bonds. The highest BCUT2D eigenvalue weighted by Gasteiger charge is 2.31. The molecule has 0 aliphatic rings. The molecule has 0 aliphatic heterocycles. The van der Waals surface area contributed by atoms with Crippen molar-refractivity contribution in [2.24, 2.45) is 0 Å². The van der Waals surface area contributed by atoms with E-state index in [9.17, 15) is 18.0 Å². The highest BCUT2D eigenvalue weighted by molar-refractivity contribution is 7.92. The number of benzene rings is 3. The molecule has 1 N–H and O–H groups in total. The molecule has 0 saturated heterocycles. The monoisotopic (exact) mass is 611 g/mol. The van der Waals surface area contributed by atoms with E-state index in [1.54, 1.807) is 17.0 Å². The molecule has 9 heteroatoms. The van der Waals surface area contributed by atoms with E-state index in [4.69, 9.17) is 11.6 Å². The van der Waals surface area contributed by atoms with Gasteiger partial charge in [0.05, 0.1) is 11.9 Å². The Bertz CT molecular complexity index is 1460. The summed E-state index contributed by atoms with van der Waals surface area (Å²) in [6.45, 7) is 8.12. The number of sulfonamides is 1. The quantitative estimate of drug-likeness (QED) is 0.240. The van der Waals surface area contributed by atoms with Gasteiger partial charge >= 0.3 is 0 Å². The van der Waals surface area contributed by atoms with Crippen LogP contribution in [0, 0.1) is 13.8 Å². The summed E-state index contributed by atoms with van der Waals surface area (Å²) in [6.07, 6.45) is 2.59. The van der Waals surface area contributed by atoms with Crippen molar-refractivity contribution in [3.8, 4) is 0 Å². The maximum atomic E-state index is 14.0. The fraction of sp³-hybridized carbons (Fsp3) is 0.394. The number of anilines is 1. The van der Waals surface area contributed by atoms with E-state index in [-0.39, 0.29) is 43.8 Å². The lowest BCUT2D eigenvalue weighted by Gasteiger charge is -2.33. The van der Waals surface area contributed by atoms with Crippen LogP contribution in [0.1, 0.15) is 55.4 Å². The molecule has 0 fully saturated rings. The predicted octanol–water partition coefficient (Wildman–Crippen LogP) is 6.06. The summed E-state index contributed by atoms with van der Waals surface area (Å²) in [4.78, 5) is 29.2. The third-order valence-corrected chi connectivity index (χ3v) is 9.06. The first-order valence-electron chi connectivity index (χ1n) is 14.3. The van der Waals surface area contributed by atoms with E-state index >= 15 is 0 Å². The first-order valence-corrected chi connectivity index (χ1v) is 16.6. The smallest absolute Gasteiger partial charge is 0.243 e. The molecule has 0 bridgehead atoms. The summed E-state index contributed by atoms with van der Waals surface area (Å²) in [5, 5.41) is 3.57. The Morgan fingerprint density at radius 3 is 2.24 bits per heavy atom. The maximum Gasteiger partial charge on any atom is 0.243 e. The number of rotatable bonds is 14. The molecule has 3 rings (SSSR count). The minimum atomic E-state index is -3.58. The molecule has 0 spiro atoms. The van der Waals surface area contributed by atoms with Gasteiger partial charge in [0.15, 0.2) is 0 Å². The van der Waals surface area contributed by atoms with E-state index in [0.29, 0.717) is 17.1 Å². The number of carbonyl (C=O) groups is 2. The van der Waals surface area contributed by atoms with Gasteiger partial charge in [-0.15, -0.1) is 0 Å². The lowest BCUT2D eigenvalue weighted by molar-refractivity contribution is -0.141. The van der Waals surface area contributed by atoms with Crippen molar-refractivity contribution in [1.82, 2.24) is 10.2 Å². The molecule has 226 valence electrons. The Morgan fingerprint density at radius 2 is 1.62 bits per heavy atom. The van der Waals surface area contributed by atoms with E-state index in [1.165, 1.54) is 10.6 Å². The van der Waals surface area contributed by atoms with Crippen LogP contribution >= 0.6 is 11.6 Å². The molecule has 3 aromatic carbocycles. The summed E-state index contributed by atoms with van der Waals surface area (Å²) in [6, 6.07) is 21.6. The van der Waals surface area contributed by atoms with E-state index < -0.39 is 16.1 Å². The number of nitrogens with zero attached hydrogens (tertiary/aromatic N) is 2. The first-order chi connectivity index (χ1) is 19.9. The minimum absolute atomic E-state index is 0.0587. The number of hydrogen-bond acceptors (Lipinski definition) is 4. The Kier molecular flexibility index (Phi) is 12.0. The summed E-state index contributed by atoms with van der Waals surface area (Å²) >= 11 is 6.50. The second kappa shape index (κ2) is 15.2. The largest absolute Gasteiger partial charge is 0.352 e. The molecule has 2 unspecified atom stereocenters. The molecule has 3 aromatic rings. The van der Waals surface area contributed by atoms with Gasteiger partial charge in [0, 0.05) is 37.0 Å². The zero-order chi connectivity index (χ0) is 30.9. The summed E-state index contributed by atoms with van der Waals surface area (Å²) in [5.41, 5.74) is 4.28.